The summed E-state index contributed by atoms with van der Waals surface area (Å²) in [4.78, 5) is 0. The molecule has 0 aromatic rings. The van der Waals surface area contributed by atoms with Crippen molar-refractivity contribution in [3.05, 3.63) is 0 Å². The Morgan fingerprint density at radius 2 is 2.18 bits per heavy atom. The molecule has 2 unspecified atom stereocenters. The van der Waals surface area contributed by atoms with E-state index in [0.717, 1.165) is 32.4 Å². The van der Waals surface area contributed by atoms with Gasteiger partial charge in [0.05, 0.1) is 5.60 Å². The maximum atomic E-state index is 11.1. The second kappa shape index (κ2) is 6.16. The summed E-state index contributed by atoms with van der Waals surface area (Å²) in [5.74, 6) is 0.269. The average Bonchev–Trinajstić information content (AvgIpc) is 2.63. The highest BCUT2D eigenvalue weighted by Crippen LogP contribution is 2.30. The minimum absolute atomic E-state index is 0.118. The SMILES string of the molecule is CCNC(CCCS(C)(=O)=O)C1(C)CCCO1. The lowest BCUT2D eigenvalue weighted by atomic mass is 9.90. The van der Waals surface area contributed by atoms with Crippen molar-refractivity contribution in [2.75, 3.05) is 25.2 Å². The van der Waals surface area contributed by atoms with E-state index in [1.165, 1.54) is 6.26 Å². The zero-order chi connectivity index (χ0) is 12.9. The van der Waals surface area contributed by atoms with Crippen molar-refractivity contribution in [1.29, 1.82) is 0 Å². The fraction of sp³-hybridized carbons (Fsp3) is 1.00. The largest absolute Gasteiger partial charge is 0.374 e. The van der Waals surface area contributed by atoms with Gasteiger partial charge in [-0.1, -0.05) is 6.92 Å². The quantitative estimate of drug-likeness (QED) is 0.753. The highest BCUT2D eigenvalue weighted by Gasteiger charge is 2.37. The predicted molar refractivity (Wildman–Crippen MR) is 70.0 cm³/mol. The van der Waals surface area contributed by atoms with Crippen molar-refractivity contribution < 1.29 is 13.2 Å². The molecule has 0 spiro atoms. The van der Waals surface area contributed by atoms with Crippen LogP contribution in [-0.4, -0.2) is 45.2 Å². The van der Waals surface area contributed by atoms with Crippen LogP contribution in [0.25, 0.3) is 0 Å². The Balaban J connectivity index is 2.48. The van der Waals surface area contributed by atoms with Crippen LogP contribution in [0.3, 0.4) is 0 Å². The molecule has 1 N–H and O–H groups in total. The molecule has 1 aliphatic heterocycles. The summed E-state index contributed by atoms with van der Waals surface area (Å²) < 4.78 is 28.1. The van der Waals surface area contributed by atoms with E-state index in [2.05, 4.69) is 19.2 Å². The van der Waals surface area contributed by atoms with Crippen molar-refractivity contribution in [2.45, 2.75) is 51.2 Å². The molecule has 1 rings (SSSR count). The third-order valence-electron chi connectivity index (χ3n) is 3.44. The summed E-state index contributed by atoms with van der Waals surface area (Å²) in [6.07, 6.45) is 5.02. The average molecular weight is 263 g/mol. The molecule has 0 aromatic carbocycles. The Hall–Kier alpha value is -0.130. The van der Waals surface area contributed by atoms with E-state index in [9.17, 15) is 8.42 Å². The van der Waals surface area contributed by atoms with Crippen LogP contribution in [0, 0.1) is 0 Å². The number of rotatable bonds is 7. The predicted octanol–water partition coefficient (Wildman–Crippen LogP) is 1.36. The fourth-order valence-electron chi connectivity index (χ4n) is 2.49. The van der Waals surface area contributed by atoms with E-state index in [-0.39, 0.29) is 17.4 Å². The van der Waals surface area contributed by atoms with Crippen LogP contribution >= 0.6 is 0 Å². The van der Waals surface area contributed by atoms with Crippen LogP contribution in [0.1, 0.15) is 39.5 Å². The molecule has 0 aliphatic carbocycles. The van der Waals surface area contributed by atoms with E-state index in [1.54, 1.807) is 0 Å². The van der Waals surface area contributed by atoms with Gasteiger partial charge in [0.2, 0.25) is 0 Å². The summed E-state index contributed by atoms with van der Waals surface area (Å²) in [5.41, 5.74) is -0.118. The maximum absolute atomic E-state index is 11.1. The Labute approximate surface area is 105 Å². The monoisotopic (exact) mass is 263 g/mol. The molecular weight excluding hydrogens is 238 g/mol. The lowest BCUT2D eigenvalue weighted by Crippen LogP contribution is -2.48. The molecule has 1 fully saturated rings. The van der Waals surface area contributed by atoms with Crippen molar-refractivity contribution in [2.24, 2.45) is 0 Å². The molecule has 0 aromatic heterocycles. The molecule has 0 bridgehead atoms. The molecule has 1 heterocycles. The van der Waals surface area contributed by atoms with E-state index >= 15 is 0 Å². The fourth-order valence-corrected chi connectivity index (χ4v) is 3.19. The first-order valence-corrected chi connectivity index (χ1v) is 8.48. The second-order valence-corrected chi connectivity index (χ2v) is 7.41. The number of hydrogen-bond acceptors (Lipinski definition) is 4. The number of likely N-dealkylation sites (N-methyl/N-ethyl adjacent to an activating group) is 1. The van der Waals surface area contributed by atoms with Gasteiger partial charge in [-0.3, -0.25) is 0 Å². The van der Waals surface area contributed by atoms with Gasteiger partial charge in [0, 0.05) is 24.7 Å². The van der Waals surface area contributed by atoms with Gasteiger partial charge in [0.25, 0.3) is 0 Å². The summed E-state index contributed by atoms with van der Waals surface area (Å²) in [7, 11) is -2.85. The zero-order valence-corrected chi connectivity index (χ0v) is 12.0. The van der Waals surface area contributed by atoms with E-state index in [4.69, 9.17) is 4.74 Å². The van der Waals surface area contributed by atoms with Crippen molar-refractivity contribution >= 4 is 9.84 Å². The third kappa shape index (κ3) is 4.94. The number of sulfone groups is 1. The minimum atomic E-state index is -2.85. The number of ether oxygens (including phenoxy) is 1. The molecule has 0 radical (unpaired) electrons. The van der Waals surface area contributed by atoms with Gasteiger partial charge in [0.1, 0.15) is 9.84 Å². The topological polar surface area (TPSA) is 55.4 Å². The van der Waals surface area contributed by atoms with Gasteiger partial charge in [-0.05, 0) is 39.2 Å². The molecule has 1 aliphatic rings. The normalized spacial score (nSPS) is 27.2. The summed E-state index contributed by atoms with van der Waals surface area (Å²) in [5, 5.41) is 3.43. The zero-order valence-electron chi connectivity index (χ0n) is 11.2. The van der Waals surface area contributed by atoms with E-state index in [1.807, 2.05) is 0 Å². The highest BCUT2D eigenvalue weighted by molar-refractivity contribution is 7.90. The molecule has 17 heavy (non-hydrogen) atoms. The molecule has 0 amide bonds. The Bertz CT molecular complexity index is 321. The first kappa shape index (κ1) is 14.9. The van der Waals surface area contributed by atoms with Crippen LogP contribution in [0.4, 0.5) is 0 Å². The lowest BCUT2D eigenvalue weighted by molar-refractivity contribution is -0.0135. The Kier molecular flexibility index (Phi) is 5.41. The van der Waals surface area contributed by atoms with Crippen molar-refractivity contribution in [3.63, 3.8) is 0 Å². The standard InChI is InChI=1S/C12H25NO3S/c1-4-13-11(7-5-10-17(3,14)15)12(2)8-6-9-16-12/h11,13H,4-10H2,1-3H3. The van der Waals surface area contributed by atoms with Crippen molar-refractivity contribution in [3.8, 4) is 0 Å². The lowest BCUT2D eigenvalue weighted by Gasteiger charge is -2.34. The molecule has 102 valence electrons. The van der Waals surface area contributed by atoms with Crippen molar-refractivity contribution in [1.82, 2.24) is 5.32 Å². The summed E-state index contributed by atoms with van der Waals surface area (Å²) in [6, 6.07) is 0.261. The Morgan fingerprint density at radius 3 is 2.65 bits per heavy atom. The molecule has 0 saturated carbocycles. The molecule has 1 saturated heterocycles. The number of hydrogen-bond donors (Lipinski definition) is 1. The highest BCUT2D eigenvalue weighted by atomic mass is 32.2. The van der Waals surface area contributed by atoms with Gasteiger partial charge in [-0.15, -0.1) is 0 Å². The van der Waals surface area contributed by atoms with E-state index < -0.39 is 9.84 Å². The summed E-state index contributed by atoms with van der Waals surface area (Å²) >= 11 is 0. The van der Waals surface area contributed by atoms with Gasteiger partial charge in [0.15, 0.2) is 0 Å². The van der Waals surface area contributed by atoms with Crippen LogP contribution < -0.4 is 5.32 Å². The molecule has 2 atom stereocenters. The first-order valence-electron chi connectivity index (χ1n) is 6.42. The smallest absolute Gasteiger partial charge is 0.147 e. The second-order valence-electron chi connectivity index (χ2n) is 5.15. The summed E-state index contributed by atoms with van der Waals surface area (Å²) in [6.45, 7) is 5.92. The number of nitrogens with one attached hydrogen (secondary N) is 1. The van der Waals surface area contributed by atoms with E-state index in [0.29, 0.717) is 6.42 Å². The van der Waals surface area contributed by atoms with Crippen LogP contribution in [0.15, 0.2) is 0 Å². The van der Waals surface area contributed by atoms with Gasteiger partial charge in [-0.2, -0.15) is 0 Å². The van der Waals surface area contributed by atoms with Crippen LogP contribution in [0.2, 0.25) is 0 Å². The van der Waals surface area contributed by atoms with Crippen LogP contribution in [0.5, 0.6) is 0 Å². The van der Waals surface area contributed by atoms with Crippen LogP contribution in [-0.2, 0) is 14.6 Å². The molecular formula is C12H25NO3S. The van der Waals surface area contributed by atoms with Gasteiger partial charge >= 0.3 is 0 Å². The Morgan fingerprint density at radius 1 is 1.47 bits per heavy atom. The molecule has 4 nitrogen and oxygen atoms in total. The maximum Gasteiger partial charge on any atom is 0.147 e. The molecule has 5 heteroatoms. The minimum Gasteiger partial charge on any atom is -0.374 e. The van der Waals surface area contributed by atoms with Gasteiger partial charge in [-0.25, -0.2) is 8.42 Å². The van der Waals surface area contributed by atoms with Gasteiger partial charge < -0.3 is 10.1 Å². The third-order valence-corrected chi connectivity index (χ3v) is 4.48. The first-order chi connectivity index (χ1) is 7.87.